The molecule has 0 aromatic carbocycles. The highest BCUT2D eigenvalue weighted by Crippen LogP contribution is 2.76. The van der Waals surface area contributed by atoms with Crippen LogP contribution in [-0.4, -0.2) is 70.0 Å². The summed E-state index contributed by atoms with van der Waals surface area (Å²) in [5.74, 6) is -0.766. The molecule has 97 heavy (non-hydrogen) atoms. The molecule has 4 N–H and O–H groups in total. The average molecular weight is 1410 g/mol. The predicted molar refractivity (Wildman–Crippen MR) is 461 cm³/mol. The van der Waals surface area contributed by atoms with Gasteiger partial charge >= 0.3 is 11.9 Å². The van der Waals surface area contributed by atoms with Crippen molar-refractivity contribution in [3.63, 3.8) is 0 Å². The molecule has 0 aromatic heterocycles. The first-order chi connectivity index (χ1) is 46.6. The Labute approximate surface area is 624 Å². The Hall–Kier alpha value is -2.00. The molecule has 612 valence electrons. The van der Waals surface area contributed by atoms with Crippen LogP contribution in [0.3, 0.4) is 0 Å². The minimum absolute atomic E-state index is 0.136. The Balaban J connectivity index is -0.0000000567. The van der Waals surface area contributed by atoms with E-state index < -0.39 is 52.0 Å². The minimum atomic E-state index is -1.28. The molecule has 0 spiro atoms. The summed E-state index contributed by atoms with van der Waals surface area (Å²) < 4.78 is 11.7. The second-order valence-corrected chi connectivity index (χ2v) is 18.9. The third-order valence-electron chi connectivity index (χ3n) is 15.1. The molecule has 5 aliphatic carbocycles. The van der Waals surface area contributed by atoms with Gasteiger partial charge < -0.3 is 29.9 Å². The number of aliphatic hydroxyl groups excluding tert-OH is 4. The Bertz CT molecular complexity index is 1420. The molecule has 8 heteroatoms. The van der Waals surface area contributed by atoms with Crippen LogP contribution in [0.2, 0.25) is 0 Å². The van der Waals surface area contributed by atoms with Crippen LogP contribution in [0.25, 0.3) is 0 Å². The Morgan fingerprint density at radius 1 is 0.454 bits per heavy atom. The Morgan fingerprint density at radius 2 is 0.784 bits per heavy atom. The highest BCUT2D eigenvalue weighted by Gasteiger charge is 2.73. The van der Waals surface area contributed by atoms with Gasteiger partial charge in [-0.1, -0.05) is 404 Å². The van der Waals surface area contributed by atoms with Gasteiger partial charge in [-0.25, -0.2) is 9.59 Å². The first-order valence-electron chi connectivity index (χ1n) is 42.6. The van der Waals surface area contributed by atoms with Crippen molar-refractivity contribution in [1.29, 1.82) is 0 Å². The predicted octanol–water partition coefficient (Wildman–Crippen LogP) is 31.1. The third-order valence-corrected chi connectivity index (χ3v) is 15.1. The van der Waals surface area contributed by atoms with Crippen molar-refractivity contribution in [3.05, 3.63) is 34.9 Å². The number of aliphatic hydroxyl groups is 4. The van der Waals surface area contributed by atoms with Crippen LogP contribution >= 0.6 is 0 Å². The summed E-state index contributed by atoms with van der Waals surface area (Å²) in [4.78, 5) is 25.5. The molecular formula is C89H208O8. The minimum Gasteiger partial charge on any atom is -0.462 e. The summed E-state index contributed by atoms with van der Waals surface area (Å²) in [6, 6.07) is 0. The fourth-order valence-electron chi connectivity index (χ4n) is 11.8. The zero-order valence-electron chi connectivity index (χ0n) is 79.8. The van der Waals surface area contributed by atoms with Gasteiger partial charge in [-0.05, 0) is 112 Å². The summed E-state index contributed by atoms with van der Waals surface area (Å²) in [7, 11) is 0. The smallest absolute Gasteiger partial charge is 0.333 e. The second kappa shape index (κ2) is 113. The topological polar surface area (TPSA) is 134 Å². The quantitative estimate of drug-likeness (QED) is 0.117. The molecule has 0 bridgehead atoms. The van der Waals surface area contributed by atoms with Gasteiger partial charge in [0.25, 0.3) is 0 Å². The fourth-order valence-corrected chi connectivity index (χ4v) is 11.8. The van der Waals surface area contributed by atoms with E-state index in [-0.39, 0.29) is 47.8 Å². The number of hydrogen-bond acceptors (Lipinski definition) is 8. The van der Waals surface area contributed by atoms with Crippen LogP contribution in [-0.2, 0) is 19.1 Å². The summed E-state index contributed by atoms with van der Waals surface area (Å²) >= 11 is 0. The van der Waals surface area contributed by atoms with Crippen molar-refractivity contribution in [2.24, 2.45) is 50.2 Å². The zero-order valence-corrected chi connectivity index (χ0v) is 79.8. The molecule has 0 saturated heterocycles. The van der Waals surface area contributed by atoms with E-state index >= 15 is 0 Å². The number of carbonyl (C=O) groups excluding carboxylic acids is 2. The molecule has 4 saturated carbocycles. The van der Waals surface area contributed by atoms with Crippen molar-refractivity contribution in [2.45, 2.75) is 477 Å². The molecule has 0 aliphatic heterocycles. The van der Waals surface area contributed by atoms with Crippen molar-refractivity contribution in [2.75, 3.05) is 13.2 Å². The molecule has 0 radical (unpaired) electrons. The molecule has 12 atom stereocenters. The van der Waals surface area contributed by atoms with Gasteiger partial charge in [-0.3, -0.25) is 0 Å². The van der Waals surface area contributed by atoms with Crippen LogP contribution in [0.5, 0.6) is 0 Å². The van der Waals surface area contributed by atoms with Gasteiger partial charge in [0.1, 0.15) is 6.61 Å². The molecule has 0 aromatic rings. The lowest BCUT2D eigenvalue weighted by atomic mass is 9.33. The molecule has 0 heterocycles. The number of esters is 2. The average Bonchev–Trinajstić information content (AvgIpc) is 0.674. The van der Waals surface area contributed by atoms with Crippen LogP contribution in [0, 0.1) is 50.2 Å². The highest BCUT2D eigenvalue weighted by molar-refractivity contribution is 5.87. The first-order valence-corrected chi connectivity index (χ1v) is 42.6. The lowest BCUT2D eigenvalue weighted by Gasteiger charge is -2.72. The molecular weight excluding hydrogens is 1200 g/mol. The highest BCUT2D eigenvalue weighted by atomic mass is 16.5. The van der Waals surface area contributed by atoms with Crippen molar-refractivity contribution in [3.8, 4) is 0 Å². The van der Waals surface area contributed by atoms with E-state index in [2.05, 4.69) is 47.6 Å². The number of hydrogen-bond donors (Lipinski definition) is 4. The van der Waals surface area contributed by atoms with E-state index in [1.807, 2.05) is 353 Å². The van der Waals surface area contributed by atoms with E-state index in [0.29, 0.717) is 24.8 Å². The van der Waals surface area contributed by atoms with E-state index in [1.165, 1.54) is 18.1 Å². The van der Waals surface area contributed by atoms with Gasteiger partial charge in [0.05, 0.1) is 36.4 Å². The summed E-state index contributed by atoms with van der Waals surface area (Å²) in [6.45, 7) is 117. The summed E-state index contributed by atoms with van der Waals surface area (Å²) in [6.07, 6.45) is 7.81. The normalized spacial score (nSPS) is 24.6. The van der Waals surface area contributed by atoms with Gasteiger partial charge in [-0.15, -0.1) is 0 Å². The number of fused-ring (bicyclic) bond motifs is 7. The van der Waals surface area contributed by atoms with Gasteiger partial charge in [-0.2, -0.15) is 0 Å². The first kappa shape index (κ1) is 149. The number of carbonyl (C=O) groups is 2. The lowest BCUT2D eigenvalue weighted by Crippen LogP contribution is -2.72. The van der Waals surface area contributed by atoms with Crippen molar-refractivity contribution in [1.82, 2.24) is 0 Å². The van der Waals surface area contributed by atoms with E-state index in [1.54, 1.807) is 13.0 Å². The lowest BCUT2D eigenvalue weighted by molar-refractivity contribution is -0.260. The molecule has 4 fully saturated rings. The van der Waals surface area contributed by atoms with Crippen molar-refractivity contribution >= 4 is 11.9 Å². The maximum Gasteiger partial charge on any atom is 0.333 e. The Kier molecular flexibility index (Phi) is 173. The van der Waals surface area contributed by atoms with Crippen molar-refractivity contribution < 1.29 is 39.5 Å². The standard InChI is InChI=1S/C40H62O8.C3H8.23C2H6/c1-11-24(4)34(46)48-21-37(8)27-14-17-38(9)28(36(27,7)16-15-29(37)41)13-12-25-26-19-35(5,6)32(44)33(45)40(26,30(42)20-39(25,38)10)22-47-31(43)18-23(2)3;1-3-2;23*1-2/h11-12,18,26-30,32-33,41-42,44-45H,13-17,19-22H2,1-10H3;3H2,1-2H3;23*1-2H3/b24-11+;;;;;;;;;;;;;;;;;;;;;;;;/t26?,27?,28?,29-,30+,32-,33-,36-,37+,38+,39+,40-;;;;;;;;;;;;;;;;;;;;;;;;/m0......................../s1. The summed E-state index contributed by atoms with van der Waals surface area (Å²) in [5.41, 5.74) is -0.653. The van der Waals surface area contributed by atoms with Gasteiger partial charge in [0.15, 0.2) is 0 Å². The fraction of sp³-hybridized carbons (Fsp3) is 0.910. The maximum absolute atomic E-state index is 12.8. The van der Waals surface area contributed by atoms with Crippen LogP contribution in [0.1, 0.15) is 453 Å². The van der Waals surface area contributed by atoms with E-state index in [0.717, 1.165) is 31.3 Å². The number of ether oxygens (including phenoxy) is 2. The number of allylic oxidation sites excluding steroid dienone is 4. The third kappa shape index (κ3) is 51.7. The molecule has 5 aliphatic rings. The molecule has 5 rings (SSSR count). The second-order valence-electron chi connectivity index (χ2n) is 18.9. The monoisotopic (exact) mass is 1410 g/mol. The molecule has 3 unspecified atom stereocenters. The maximum atomic E-state index is 12.8. The Morgan fingerprint density at radius 3 is 1.09 bits per heavy atom. The molecule has 0 amide bonds. The van der Waals surface area contributed by atoms with Gasteiger partial charge in [0, 0.05) is 17.1 Å². The summed E-state index contributed by atoms with van der Waals surface area (Å²) in [5, 5.41) is 47.1. The SMILES string of the molecule is C/C=C(\C)C(=O)OC[C@]1(C)C2CC[C@]3(C)C(CC=C4C5CC(C)(C)[C@@H](O)[C@H](O)[C@]5(COC(=O)C=C(C)C)[C@H](O)C[C@]43C)[C@@]2(C)CC[C@@H]1O.CC.CC.CC.CC.CC.CC.CC.CC.CC.CC.CC.CC.CC.CC.CC.CC.CC.CC.CC.CC.CC.CC.CC.CCC. The zero-order chi connectivity index (χ0) is 84.5. The largest absolute Gasteiger partial charge is 0.462 e. The number of rotatable bonds is 6. The van der Waals surface area contributed by atoms with Crippen LogP contribution in [0.4, 0.5) is 0 Å². The van der Waals surface area contributed by atoms with Crippen LogP contribution in [0.15, 0.2) is 34.9 Å². The van der Waals surface area contributed by atoms with Crippen LogP contribution < -0.4 is 0 Å². The van der Waals surface area contributed by atoms with Gasteiger partial charge in [0.2, 0.25) is 0 Å². The molecule has 8 nitrogen and oxygen atoms in total. The van der Waals surface area contributed by atoms with E-state index in [9.17, 15) is 30.0 Å². The van der Waals surface area contributed by atoms with E-state index in [4.69, 9.17) is 9.47 Å².